The molecule has 2 aromatic rings. The maximum absolute atomic E-state index is 12.0. The van der Waals surface area contributed by atoms with E-state index >= 15 is 0 Å². The summed E-state index contributed by atoms with van der Waals surface area (Å²) < 4.78 is 2.80. The Morgan fingerprint density at radius 2 is 2.22 bits per heavy atom. The third kappa shape index (κ3) is 2.73. The monoisotopic (exact) mass is 307 g/mol. The number of nitrogens with zero attached hydrogens (tertiary/aromatic N) is 1. The molecule has 0 unspecified atom stereocenters. The molecule has 1 heterocycles. The first-order valence-corrected chi connectivity index (χ1v) is 6.30. The average Bonchev–Trinajstić information content (AvgIpc) is 2.75. The van der Waals surface area contributed by atoms with Gasteiger partial charge in [-0.2, -0.15) is 0 Å². The fourth-order valence-corrected chi connectivity index (χ4v) is 2.03. The van der Waals surface area contributed by atoms with Gasteiger partial charge in [-0.15, -0.1) is 0 Å². The quantitative estimate of drug-likeness (QED) is 0.855. The Kier molecular flexibility index (Phi) is 3.72. The molecule has 1 aromatic carbocycles. The number of hydrogen-bond acceptors (Lipinski definition) is 2. The first kappa shape index (κ1) is 12.7. The van der Waals surface area contributed by atoms with Crippen LogP contribution >= 0.6 is 15.9 Å². The van der Waals surface area contributed by atoms with Crippen molar-refractivity contribution in [1.29, 1.82) is 0 Å². The minimum atomic E-state index is -0.171. The highest BCUT2D eigenvalue weighted by atomic mass is 79.9. The Hall–Kier alpha value is -1.75. The van der Waals surface area contributed by atoms with Crippen molar-refractivity contribution < 1.29 is 4.79 Å². The number of benzene rings is 1. The molecule has 0 bridgehead atoms. The first-order chi connectivity index (χ1) is 8.58. The number of rotatable bonds is 3. The number of halogens is 1. The van der Waals surface area contributed by atoms with Gasteiger partial charge in [0.2, 0.25) is 0 Å². The molecule has 0 saturated carbocycles. The molecule has 0 spiro atoms. The van der Waals surface area contributed by atoms with Crippen LogP contribution in [0.25, 0.3) is 0 Å². The van der Waals surface area contributed by atoms with Crippen LogP contribution in [0.5, 0.6) is 0 Å². The maximum atomic E-state index is 12.0. The summed E-state index contributed by atoms with van der Waals surface area (Å²) in [6.07, 6.45) is 1.94. The Balaban J connectivity index is 2.08. The van der Waals surface area contributed by atoms with E-state index in [1.807, 2.05) is 36.0 Å². The minimum absolute atomic E-state index is 0.171. The molecule has 3 N–H and O–H groups in total. The molecule has 0 radical (unpaired) electrons. The van der Waals surface area contributed by atoms with Crippen LogP contribution < -0.4 is 11.1 Å². The van der Waals surface area contributed by atoms with Crippen LogP contribution in [0.1, 0.15) is 16.1 Å². The van der Waals surface area contributed by atoms with Crippen molar-refractivity contribution in [3.8, 4) is 0 Å². The molecule has 94 valence electrons. The summed E-state index contributed by atoms with van der Waals surface area (Å²) in [4.78, 5) is 12.0. The lowest BCUT2D eigenvalue weighted by molar-refractivity contribution is 0.0951. The van der Waals surface area contributed by atoms with Crippen molar-refractivity contribution in [1.82, 2.24) is 9.88 Å². The van der Waals surface area contributed by atoms with Crippen LogP contribution in [-0.2, 0) is 13.6 Å². The number of nitrogens with one attached hydrogen (secondary N) is 1. The number of nitrogen functional groups attached to an aromatic ring is 1. The molecule has 1 aromatic heterocycles. The third-order valence-corrected chi connectivity index (χ3v) is 3.23. The van der Waals surface area contributed by atoms with E-state index in [2.05, 4.69) is 21.2 Å². The van der Waals surface area contributed by atoms with Crippen LogP contribution in [0, 0.1) is 0 Å². The number of carbonyl (C=O) groups is 1. The van der Waals surface area contributed by atoms with Gasteiger partial charge in [0.05, 0.1) is 12.1 Å². The number of amides is 1. The second-order valence-corrected chi connectivity index (χ2v) is 4.94. The van der Waals surface area contributed by atoms with Gasteiger partial charge in [-0.1, -0.05) is 15.9 Å². The van der Waals surface area contributed by atoms with Gasteiger partial charge in [-0.25, -0.2) is 0 Å². The van der Waals surface area contributed by atoms with Crippen molar-refractivity contribution in [2.45, 2.75) is 6.54 Å². The number of aryl methyl sites for hydroxylation is 1. The molecule has 0 atom stereocenters. The molecule has 0 aliphatic heterocycles. The molecule has 0 fully saturated rings. The maximum Gasteiger partial charge on any atom is 0.253 e. The number of aromatic nitrogens is 1. The van der Waals surface area contributed by atoms with Crippen molar-refractivity contribution >= 4 is 27.5 Å². The molecular formula is C13H14BrN3O. The average molecular weight is 308 g/mol. The Bertz CT molecular complexity index is 577. The van der Waals surface area contributed by atoms with Gasteiger partial charge < -0.3 is 15.6 Å². The van der Waals surface area contributed by atoms with Gasteiger partial charge in [-0.3, -0.25) is 4.79 Å². The van der Waals surface area contributed by atoms with Crippen molar-refractivity contribution in [3.05, 3.63) is 52.3 Å². The highest BCUT2D eigenvalue weighted by Gasteiger charge is 2.10. The standard InChI is InChI=1S/C13H14BrN3O/c1-17-6-2-3-10(17)8-16-13(18)11-7-9(14)4-5-12(11)15/h2-7H,8,15H2,1H3,(H,16,18). The predicted octanol–water partition coefficient (Wildman–Crippen LogP) is 2.30. The van der Waals surface area contributed by atoms with Gasteiger partial charge in [0.25, 0.3) is 5.91 Å². The minimum Gasteiger partial charge on any atom is -0.398 e. The lowest BCUT2D eigenvalue weighted by Crippen LogP contribution is -2.24. The van der Waals surface area contributed by atoms with Crippen LogP contribution in [0.2, 0.25) is 0 Å². The largest absolute Gasteiger partial charge is 0.398 e. The van der Waals surface area contributed by atoms with E-state index in [-0.39, 0.29) is 5.91 Å². The second kappa shape index (κ2) is 5.27. The zero-order valence-electron chi connectivity index (χ0n) is 9.98. The van der Waals surface area contributed by atoms with E-state index in [1.165, 1.54) is 0 Å². The van der Waals surface area contributed by atoms with E-state index in [0.717, 1.165) is 10.2 Å². The van der Waals surface area contributed by atoms with Crippen molar-refractivity contribution in [2.24, 2.45) is 7.05 Å². The first-order valence-electron chi connectivity index (χ1n) is 5.51. The zero-order chi connectivity index (χ0) is 13.1. The van der Waals surface area contributed by atoms with Crippen LogP contribution in [0.4, 0.5) is 5.69 Å². The highest BCUT2D eigenvalue weighted by molar-refractivity contribution is 9.10. The Morgan fingerprint density at radius 1 is 1.44 bits per heavy atom. The van der Waals surface area contributed by atoms with Crippen LogP contribution in [0.3, 0.4) is 0 Å². The SMILES string of the molecule is Cn1cccc1CNC(=O)c1cc(Br)ccc1N. The highest BCUT2D eigenvalue weighted by Crippen LogP contribution is 2.18. The normalized spacial score (nSPS) is 10.3. The van der Waals surface area contributed by atoms with E-state index in [4.69, 9.17) is 5.73 Å². The lowest BCUT2D eigenvalue weighted by atomic mass is 10.1. The second-order valence-electron chi connectivity index (χ2n) is 4.02. The summed E-state index contributed by atoms with van der Waals surface area (Å²) in [7, 11) is 1.94. The molecule has 4 nitrogen and oxygen atoms in total. The topological polar surface area (TPSA) is 60.0 Å². The van der Waals surface area contributed by atoms with Gasteiger partial charge in [-0.05, 0) is 30.3 Å². The summed E-state index contributed by atoms with van der Waals surface area (Å²) in [6.45, 7) is 0.480. The number of nitrogens with two attached hydrogens (primary N) is 1. The molecule has 1 amide bonds. The van der Waals surface area contributed by atoms with Gasteiger partial charge in [0.15, 0.2) is 0 Å². The number of anilines is 1. The molecule has 5 heteroatoms. The summed E-state index contributed by atoms with van der Waals surface area (Å²) >= 11 is 3.33. The van der Waals surface area contributed by atoms with E-state index in [0.29, 0.717) is 17.8 Å². The zero-order valence-corrected chi connectivity index (χ0v) is 11.6. The molecule has 2 rings (SSSR count). The Morgan fingerprint density at radius 3 is 2.89 bits per heavy atom. The van der Waals surface area contributed by atoms with Crippen molar-refractivity contribution in [3.63, 3.8) is 0 Å². The predicted molar refractivity (Wildman–Crippen MR) is 75.1 cm³/mol. The van der Waals surface area contributed by atoms with E-state index in [1.54, 1.807) is 12.1 Å². The van der Waals surface area contributed by atoms with Gasteiger partial charge >= 0.3 is 0 Å². The summed E-state index contributed by atoms with van der Waals surface area (Å²) in [5.41, 5.74) is 7.78. The summed E-state index contributed by atoms with van der Waals surface area (Å²) in [5.74, 6) is -0.171. The Labute approximate surface area is 114 Å². The lowest BCUT2D eigenvalue weighted by Gasteiger charge is -2.08. The summed E-state index contributed by atoms with van der Waals surface area (Å²) in [6, 6.07) is 9.14. The molecule has 0 aliphatic carbocycles. The molecule has 18 heavy (non-hydrogen) atoms. The number of carbonyl (C=O) groups excluding carboxylic acids is 1. The third-order valence-electron chi connectivity index (χ3n) is 2.74. The molecule has 0 saturated heterocycles. The fraction of sp³-hybridized carbons (Fsp3) is 0.154. The molecule has 0 aliphatic rings. The van der Waals surface area contributed by atoms with Crippen molar-refractivity contribution in [2.75, 3.05) is 5.73 Å². The molecular weight excluding hydrogens is 294 g/mol. The van der Waals surface area contributed by atoms with E-state index < -0.39 is 0 Å². The van der Waals surface area contributed by atoms with Gasteiger partial charge in [0.1, 0.15) is 0 Å². The fourth-order valence-electron chi connectivity index (χ4n) is 1.67. The van der Waals surface area contributed by atoms with E-state index in [9.17, 15) is 4.79 Å². The smallest absolute Gasteiger partial charge is 0.253 e. The van der Waals surface area contributed by atoms with Crippen LogP contribution in [0.15, 0.2) is 41.0 Å². The number of hydrogen-bond donors (Lipinski definition) is 2. The summed E-state index contributed by atoms with van der Waals surface area (Å²) in [5, 5.41) is 2.85. The van der Waals surface area contributed by atoms with Crippen LogP contribution in [-0.4, -0.2) is 10.5 Å². The van der Waals surface area contributed by atoms with Gasteiger partial charge in [0, 0.05) is 29.1 Å².